The number of Topliss-reactive ketones (excluding diaryl/α,β-unsaturated/α-hetero) is 2. The van der Waals surface area contributed by atoms with Crippen molar-refractivity contribution in [2.45, 2.75) is 26.2 Å². The summed E-state index contributed by atoms with van der Waals surface area (Å²) in [6.07, 6.45) is 1.10. The minimum atomic E-state index is -0.233. The van der Waals surface area contributed by atoms with Crippen LogP contribution < -0.4 is 0 Å². The molecule has 1 rings (SSSR count). The van der Waals surface area contributed by atoms with Crippen molar-refractivity contribution in [1.29, 1.82) is 0 Å². The lowest BCUT2D eigenvalue weighted by Gasteiger charge is -2.02. The third-order valence-corrected chi connectivity index (χ3v) is 2.51. The molecule has 86 valence electrons. The summed E-state index contributed by atoms with van der Waals surface area (Å²) in [6, 6.07) is 4.59. The first-order valence-corrected chi connectivity index (χ1v) is 5.79. The summed E-state index contributed by atoms with van der Waals surface area (Å²) in [4.78, 5) is 23.0. The summed E-state index contributed by atoms with van der Waals surface area (Å²) in [5, 5.41) is 0.803. The van der Waals surface area contributed by atoms with Crippen molar-refractivity contribution in [2.75, 3.05) is 0 Å². The fraction of sp³-hybridized carbons (Fsp3) is 0.333. The van der Waals surface area contributed by atoms with Gasteiger partial charge in [0, 0.05) is 22.0 Å². The highest BCUT2D eigenvalue weighted by atomic mass is 35.5. The lowest BCUT2D eigenvalue weighted by Crippen LogP contribution is -2.07. The van der Waals surface area contributed by atoms with Crippen LogP contribution in [0.5, 0.6) is 0 Å². The van der Waals surface area contributed by atoms with Crippen LogP contribution in [0.4, 0.5) is 0 Å². The van der Waals surface area contributed by atoms with Crippen molar-refractivity contribution < 1.29 is 9.59 Å². The summed E-state index contributed by atoms with van der Waals surface area (Å²) < 4.78 is 0. The average molecular weight is 259 g/mol. The van der Waals surface area contributed by atoms with Gasteiger partial charge in [0.1, 0.15) is 5.78 Å². The Balaban J connectivity index is 2.76. The summed E-state index contributed by atoms with van der Waals surface area (Å²) in [5.41, 5.74) is 0.391. The van der Waals surface area contributed by atoms with Crippen LogP contribution >= 0.6 is 23.2 Å². The van der Waals surface area contributed by atoms with Gasteiger partial charge in [0.15, 0.2) is 5.78 Å². The van der Waals surface area contributed by atoms with Gasteiger partial charge < -0.3 is 0 Å². The van der Waals surface area contributed by atoms with Gasteiger partial charge >= 0.3 is 0 Å². The molecular weight excluding hydrogens is 247 g/mol. The van der Waals surface area contributed by atoms with Crippen LogP contribution in [0, 0.1) is 0 Å². The van der Waals surface area contributed by atoms with E-state index >= 15 is 0 Å². The SMILES string of the molecule is CCCC(=O)CC(=O)c1cc(Cl)cc(Cl)c1. The van der Waals surface area contributed by atoms with E-state index in [0.717, 1.165) is 6.42 Å². The van der Waals surface area contributed by atoms with E-state index in [1.165, 1.54) is 12.1 Å². The zero-order chi connectivity index (χ0) is 12.1. The van der Waals surface area contributed by atoms with Crippen molar-refractivity contribution >= 4 is 34.8 Å². The molecular formula is C12H12Cl2O2. The van der Waals surface area contributed by atoms with E-state index in [2.05, 4.69) is 0 Å². The highest BCUT2D eigenvalue weighted by Gasteiger charge is 2.12. The number of rotatable bonds is 5. The summed E-state index contributed by atoms with van der Waals surface area (Å²) in [7, 11) is 0. The Bertz CT molecular complexity index is 393. The van der Waals surface area contributed by atoms with Crippen LogP contribution in [0.15, 0.2) is 18.2 Å². The Hall–Kier alpha value is -0.860. The topological polar surface area (TPSA) is 34.1 Å². The summed E-state index contributed by atoms with van der Waals surface area (Å²) >= 11 is 11.5. The minimum absolute atomic E-state index is 0.0522. The molecule has 1 aromatic rings. The van der Waals surface area contributed by atoms with Crippen LogP contribution in [-0.4, -0.2) is 11.6 Å². The predicted octanol–water partition coefficient (Wildman–Crippen LogP) is 3.94. The number of benzene rings is 1. The van der Waals surface area contributed by atoms with E-state index in [0.29, 0.717) is 22.0 Å². The van der Waals surface area contributed by atoms with E-state index in [1.54, 1.807) is 6.07 Å². The second kappa shape index (κ2) is 6.02. The average Bonchev–Trinajstić information content (AvgIpc) is 2.16. The fourth-order valence-corrected chi connectivity index (χ4v) is 1.89. The molecule has 16 heavy (non-hydrogen) atoms. The normalized spacial score (nSPS) is 10.2. The van der Waals surface area contributed by atoms with Gasteiger partial charge in [-0.1, -0.05) is 30.1 Å². The molecule has 0 saturated carbocycles. The first-order chi connectivity index (χ1) is 7.52. The molecule has 0 saturated heterocycles. The third-order valence-electron chi connectivity index (χ3n) is 2.07. The maximum Gasteiger partial charge on any atom is 0.170 e. The van der Waals surface area contributed by atoms with Crippen LogP contribution in [0.1, 0.15) is 36.5 Å². The lowest BCUT2D eigenvalue weighted by molar-refractivity contribution is -0.118. The Morgan fingerprint density at radius 3 is 2.19 bits per heavy atom. The van der Waals surface area contributed by atoms with Crippen molar-refractivity contribution in [3.8, 4) is 0 Å². The molecule has 2 nitrogen and oxygen atoms in total. The number of carbonyl (C=O) groups excluding carboxylic acids is 2. The number of halogens is 2. The standard InChI is InChI=1S/C12H12Cl2O2/c1-2-3-11(15)7-12(16)8-4-9(13)6-10(14)5-8/h4-6H,2-3,7H2,1H3. The summed E-state index contributed by atoms with van der Waals surface area (Å²) in [6.45, 7) is 1.90. The van der Waals surface area contributed by atoms with Gasteiger partial charge in [0.05, 0.1) is 6.42 Å². The lowest BCUT2D eigenvalue weighted by atomic mass is 10.0. The van der Waals surface area contributed by atoms with Crippen LogP contribution in [0.3, 0.4) is 0 Å². The number of ketones is 2. The van der Waals surface area contributed by atoms with Crippen molar-refractivity contribution in [1.82, 2.24) is 0 Å². The van der Waals surface area contributed by atoms with E-state index in [-0.39, 0.29) is 18.0 Å². The van der Waals surface area contributed by atoms with E-state index in [9.17, 15) is 9.59 Å². The Morgan fingerprint density at radius 2 is 1.69 bits per heavy atom. The number of carbonyl (C=O) groups is 2. The molecule has 0 atom stereocenters. The first kappa shape index (κ1) is 13.2. The fourth-order valence-electron chi connectivity index (χ4n) is 1.36. The van der Waals surface area contributed by atoms with Gasteiger partial charge in [-0.25, -0.2) is 0 Å². The van der Waals surface area contributed by atoms with Gasteiger partial charge in [-0.05, 0) is 24.6 Å². The van der Waals surface area contributed by atoms with E-state index in [1.807, 2.05) is 6.92 Å². The molecule has 0 bridgehead atoms. The smallest absolute Gasteiger partial charge is 0.170 e. The highest BCUT2D eigenvalue weighted by Crippen LogP contribution is 2.20. The highest BCUT2D eigenvalue weighted by molar-refractivity contribution is 6.35. The van der Waals surface area contributed by atoms with Gasteiger partial charge in [0.2, 0.25) is 0 Å². The molecule has 0 amide bonds. The van der Waals surface area contributed by atoms with Crippen molar-refractivity contribution in [3.05, 3.63) is 33.8 Å². The van der Waals surface area contributed by atoms with Gasteiger partial charge in [0.25, 0.3) is 0 Å². The number of hydrogen-bond acceptors (Lipinski definition) is 2. The second-order valence-corrected chi connectivity index (χ2v) is 4.42. The molecule has 0 radical (unpaired) electrons. The quantitative estimate of drug-likeness (QED) is 0.593. The predicted molar refractivity (Wildman–Crippen MR) is 65.3 cm³/mol. The zero-order valence-electron chi connectivity index (χ0n) is 8.93. The molecule has 1 aromatic carbocycles. The number of hydrogen-bond donors (Lipinski definition) is 0. The minimum Gasteiger partial charge on any atom is -0.299 e. The Labute approximate surface area is 105 Å². The van der Waals surface area contributed by atoms with Crippen LogP contribution in [0.2, 0.25) is 10.0 Å². The van der Waals surface area contributed by atoms with Crippen molar-refractivity contribution in [2.24, 2.45) is 0 Å². The molecule has 0 fully saturated rings. The Kier molecular flexibility index (Phi) is 4.97. The van der Waals surface area contributed by atoms with Crippen molar-refractivity contribution in [3.63, 3.8) is 0 Å². The maximum absolute atomic E-state index is 11.7. The molecule has 0 N–H and O–H groups in total. The molecule has 0 aliphatic carbocycles. The van der Waals surface area contributed by atoms with E-state index < -0.39 is 0 Å². The molecule has 0 heterocycles. The molecule has 0 aliphatic rings. The third kappa shape index (κ3) is 3.95. The molecule has 0 spiro atoms. The van der Waals surface area contributed by atoms with Gasteiger partial charge in [-0.3, -0.25) is 9.59 Å². The summed E-state index contributed by atoms with van der Waals surface area (Å²) in [5.74, 6) is -0.286. The van der Waals surface area contributed by atoms with Gasteiger partial charge in [-0.2, -0.15) is 0 Å². The largest absolute Gasteiger partial charge is 0.299 e. The first-order valence-electron chi connectivity index (χ1n) is 5.04. The monoisotopic (exact) mass is 258 g/mol. The molecule has 0 aliphatic heterocycles. The van der Waals surface area contributed by atoms with Crippen LogP contribution in [0.25, 0.3) is 0 Å². The molecule has 0 unspecified atom stereocenters. The molecule has 4 heteroatoms. The van der Waals surface area contributed by atoms with Crippen LogP contribution in [-0.2, 0) is 4.79 Å². The second-order valence-electron chi connectivity index (χ2n) is 3.55. The van der Waals surface area contributed by atoms with Gasteiger partial charge in [-0.15, -0.1) is 0 Å². The Morgan fingerprint density at radius 1 is 1.12 bits per heavy atom. The van der Waals surface area contributed by atoms with E-state index in [4.69, 9.17) is 23.2 Å². The molecule has 0 aromatic heterocycles. The zero-order valence-corrected chi connectivity index (χ0v) is 10.4. The maximum atomic E-state index is 11.7.